The fourth-order valence-electron chi connectivity index (χ4n) is 5.03. The van der Waals surface area contributed by atoms with Gasteiger partial charge in [0.2, 0.25) is 0 Å². The van der Waals surface area contributed by atoms with Crippen LogP contribution in [0.25, 0.3) is 0 Å². The predicted molar refractivity (Wildman–Crippen MR) is 134 cm³/mol. The average molecular weight is 424 g/mol. The molecule has 0 aromatic rings. The molecule has 0 spiro atoms. The molecule has 0 aromatic carbocycles. The van der Waals surface area contributed by atoms with E-state index < -0.39 is 0 Å². The topological polar surface area (TPSA) is 32.3 Å². The first-order chi connectivity index (χ1) is 14.8. The Morgan fingerprint density at radius 1 is 0.533 bits per heavy atom. The second-order valence-electron chi connectivity index (χ2n) is 10.4. The lowest BCUT2D eigenvalue weighted by atomic mass is 9.83. The number of hydrogen-bond acceptors (Lipinski definition) is 2. The monoisotopic (exact) mass is 423 g/mol. The molecule has 2 heteroatoms. The molecule has 1 rings (SSSR count). The molecule has 1 aliphatic carbocycles. The molecule has 0 atom stereocenters. The van der Waals surface area contributed by atoms with Gasteiger partial charge >= 0.3 is 0 Å². The fraction of sp³-hybridized carbons (Fsp3) is 1.00. The Labute approximate surface area is 190 Å². The summed E-state index contributed by atoms with van der Waals surface area (Å²) in [6.07, 6.45) is 30.9. The molecule has 2 N–H and O–H groups in total. The summed E-state index contributed by atoms with van der Waals surface area (Å²) in [7, 11) is 0. The zero-order chi connectivity index (χ0) is 21.5. The van der Waals surface area contributed by atoms with Crippen LogP contribution in [0, 0.1) is 11.8 Å². The van der Waals surface area contributed by atoms with E-state index in [-0.39, 0.29) is 0 Å². The van der Waals surface area contributed by atoms with Crippen LogP contribution >= 0.6 is 0 Å². The van der Waals surface area contributed by atoms with Crippen LogP contribution < -0.4 is 5.32 Å². The van der Waals surface area contributed by atoms with Crippen molar-refractivity contribution in [3.63, 3.8) is 0 Å². The van der Waals surface area contributed by atoms with Crippen molar-refractivity contribution in [3.05, 3.63) is 0 Å². The molecule has 0 aromatic heterocycles. The zero-order valence-electron chi connectivity index (χ0n) is 20.8. The maximum atomic E-state index is 8.76. The summed E-state index contributed by atoms with van der Waals surface area (Å²) in [5.41, 5.74) is 0. The Kier molecular flexibility index (Phi) is 20.6. The zero-order valence-corrected chi connectivity index (χ0v) is 20.8. The van der Waals surface area contributed by atoms with Crippen LogP contribution in [0.4, 0.5) is 0 Å². The molecule has 0 unspecified atom stereocenters. The first kappa shape index (κ1) is 28.0. The highest BCUT2D eigenvalue weighted by atomic mass is 16.2. The highest BCUT2D eigenvalue weighted by molar-refractivity contribution is 4.71. The third-order valence-corrected chi connectivity index (χ3v) is 7.33. The Balaban J connectivity index is 1.65. The molecule has 0 bridgehead atoms. The Morgan fingerprint density at radius 2 is 0.900 bits per heavy atom. The molecule has 1 aliphatic rings. The molecular formula is C28H57NO. The van der Waals surface area contributed by atoms with Crippen molar-refractivity contribution < 1.29 is 5.11 Å². The number of aliphatic hydroxyl groups is 1. The van der Waals surface area contributed by atoms with E-state index in [1.165, 1.54) is 148 Å². The molecule has 0 amide bonds. The molecule has 0 saturated heterocycles. The van der Waals surface area contributed by atoms with Crippen molar-refractivity contribution >= 4 is 0 Å². The van der Waals surface area contributed by atoms with Crippen molar-refractivity contribution in [2.45, 2.75) is 148 Å². The summed E-state index contributed by atoms with van der Waals surface area (Å²) in [5.74, 6) is 1.95. The second kappa shape index (κ2) is 22.1. The maximum absolute atomic E-state index is 8.76. The largest absolute Gasteiger partial charge is 0.396 e. The van der Waals surface area contributed by atoms with E-state index in [2.05, 4.69) is 12.2 Å². The Hall–Kier alpha value is -0.0800. The third-order valence-electron chi connectivity index (χ3n) is 7.33. The molecule has 30 heavy (non-hydrogen) atoms. The summed E-state index contributed by atoms with van der Waals surface area (Å²) >= 11 is 0. The van der Waals surface area contributed by atoms with Gasteiger partial charge in [-0.25, -0.2) is 0 Å². The number of rotatable bonds is 22. The van der Waals surface area contributed by atoms with E-state index in [9.17, 15) is 0 Å². The van der Waals surface area contributed by atoms with Crippen molar-refractivity contribution in [1.29, 1.82) is 0 Å². The fourth-order valence-corrected chi connectivity index (χ4v) is 5.03. The summed E-state index contributed by atoms with van der Waals surface area (Å²) in [5, 5.41) is 12.5. The van der Waals surface area contributed by atoms with Crippen LogP contribution in [0.1, 0.15) is 148 Å². The number of aliphatic hydroxyl groups excluding tert-OH is 1. The van der Waals surface area contributed by atoms with Crippen LogP contribution in [0.2, 0.25) is 0 Å². The van der Waals surface area contributed by atoms with Gasteiger partial charge in [0.1, 0.15) is 0 Å². The summed E-state index contributed by atoms with van der Waals surface area (Å²) in [4.78, 5) is 0. The van der Waals surface area contributed by atoms with Crippen molar-refractivity contribution in [2.24, 2.45) is 11.8 Å². The third kappa shape index (κ3) is 18.7. The van der Waals surface area contributed by atoms with Gasteiger partial charge in [-0.15, -0.1) is 0 Å². The average Bonchev–Trinajstić information content (AvgIpc) is 2.76. The van der Waals surface area contributed by atoms with Crippen LogP contribution in [0.15, 0.2) is 0 Å². The minimum absolute atomic E-state index is 0.373. The van der Waals surface area contributed by atoms with E-state index in [1.54, 1.807) is 0 Å². The molecule has 0 heterocycles. The van der Waals surface area contributed by atoms with E-state index in [0.29, 0.717) is 6.61 Å². The van der Waals surface area contributed by atoms with Gasteiger partial charge in [-0.05, 0) is 50.6 Å². The van der Waals surface area contributed by atoms with Gasteiger partial charge in [0, 0.05) is 6.61 Å². The van der Waals surface area contributed by atoms with Crippen LogP contribution in [0.3, 0.4) is 0 Å². The molecule has 0 radical (unpaired) electrons. The molecule has 1 fully saturated rings. The van der Waals surface area contributed by atoms with E-state index >= 15 is 0 Å². The van der Waals surface area contributed by atoms with Crippen molar-refractivity contribution in [1.82, 2.24) is 5.32 Å². The van der Waals surface area contributed by atoms with Gasteiger partial charge < -0.3 is 10.4 Å². The normalized spacial score (nSPS) is 19.4. The number of nitrogens with one attached hydrogen (secondary N) is 1. The molecular weight excluding hydrogens is 366 g/mol. The molecule has 0 aliphatic heterocycles. The van der Waals surface area contributed by atoms with Gasteiger partial charge in [0.05, 0.1) is 0 Å². The lowest BCUT2D eigenvalue weighted by Crippen LogP contribution is -2.26. The SMILES string of the molecule is CC1CCC(CNCCCCCCCCCCCCCCCCCCCCO)CC1. The number of unbranched alkanes of at least 4 members (excludes halogenated alkanes) is 17. The smallest absolute Gasteiger partial charge is 0.0431 e. The Bertz CT molecular complexity index is 325. The lowest BCUT2D eigenvalue weighted by Gasteiger charge is -2.26. The Morgan fingerprint density at radius 3 is 1.30 bits per heavy atom. The first-order valence-electron chi connectivity index (χ1n) is 14.1. The summed E-state index contributed by atoms with van der Waals surface area (Å²) in [6, 6.07) is 0. The van der Waals surface area contributed by atoms with Crippen molar-refractivity contribution in [3.8, 4) is 0 Å². The first-order valence-corrected chi connectivity index (χ1v) is 14.1. The van der Waals surface area contributed by atoms with Crippen LogP contribution in [0.5, 0.6) is 0 Å². The van der Waals surface area contributed by atoms with Gasteiger partial charge in [-0.3, -0.25) is 0 Å². The minimum Gasteiger partial charge on any atom is -0.396 e. The standard InChI is InChI=1S/C28H57NO/c1-27-20-22-28(23-21-27)26-29-24-18-16-14-12-10-8-6-4-2-3-5-7-9-11-13-15-17-19-25-30/h27-30H,2-26H2,1H3. The second-order valence-corrected chi connectivity index (χ2v) is 10.4. The van der Waals surface area contributed by atoms with E-state index in [4.69, 9.17) is 5.11 Å². The van der Waals surface area contributed by atoms with Gasteiger partial charge in [0.15, 0.2) is 0 Å². The quantitative estimate of drug-likeness (QED) is 0.171. The predicted octanol–water partition coefficient (Wildman–Crippen LogP) is 8.42. The van der Waals surface area contributed by atoms with E-state index in [1.807, 2.05) is 0 Å². The van der Waals surface area contributed by atoms with Crippen LogP contribution in [-0.4, -0.2) is 24.8 Å². The van der Waals surface area contributed by atoms with Gasteiger partial charge in [-0.2, -0.15) is 0 Å². The highest BCUT2D eigenvalue weighted by Gasteiger charge is 2.17. The van der Waals surface area contributed by atoms with E-state index in [0.717, 1.165) is 18.3 Å². The lowest BCUT2D eigenvalue weighted by molar-refractivity contribution is 0.281. The molecule has 180 valence electrons. The summed E-state index contributed by atoms with van der Waals surface area (Å²) in [6.45, 7) is 5.31. The van der Waals surface area contributed by atoms with Crippen LogP contribution in [-0.2, 0) is 0 Å². The maximum Gasteiger partial charge on any atom is 0.0431 e. The van der Waals surface area contributed by atoms with Gasteiger partial charge in [-0.1, -0.05) is 122 Å². The highest BCUT2D eigenvalue weighted by Crippen LogP contribution is 2.27. The van der Waals surface area contributed by atoms with Crippen molar-refractivity contribution in [2.75, 3.05) is 19.7 Å². The molecule has 2 nitrogen and oxygen atoms in total. The molecule has 1 saturated carbocycles. The summed E-state index contributed by atoms with van der Waals surface area (Å²) < 4.78 is 0. The minimum atomic E-state index is 0.373. The number of hydrogen-bond donors (Lipinski definition) is 2. The van der Waals surface area contributed by atoms with Gasteiger partial charge in [0.25, 0.3) is 0 Å².